The van der Waals surface area contributed by atoms with Crippen LogP contribution in [0.4, 0.5) is 0 Å². The minimum absolute atomic E-state index is 0.0249. The van der Waals surface area contributed by atoms with Gasteiger partial charge in [-0.25, -0.2) is 0 Å². The van der Waals surface area contributed by atoms with Crippen LogP contribution >= 0.6 is 0 Å². The van der Waals surface area contributed by atoms with Crippen LogP contribution in [0, 0.1) is 0 Å². The van der Waals surface area contributed by atoms with Crippen molar-refractivity contribution in [2.75, 3.05) is 13.2 Å². The maximum Gasteiger partial charge on any atom is 0.306 e. The smallest absolute Gasteiger partial charge is 0.306 e. The van der Waals surface area contributed by atoms with Crippen molar-refractivity contribution in [3.63, 3.8) is 0 Å². The lowest BCUT2D eigenvalue weighted by molar-refractivity contribution is -0.305. The molecule has 1 unspecified atom stereocenters. The predicted molar refractivity (Wildman–Crippen MR) is 34.9 cm³/mol. The van der Waals surface area contributed by atoms with E-state index < -0.39 is 11.9 Å². The molecule has 12 heavy (non-hydrogen) atoms. The van der Waals surface area contributed by atoms with Crippen LogP contribution in [0.5, 0.6) is 0 Å². The number of carboxylic acid groups (broad SMARTS) is 1. The van der Waals surface area contributed by atoms with E-state index in [9.17, 15) is 14.7 Å². The molecule has 0 aromatic heterocycles. The van der Waals surface area contributed by atoms with Crippen LogP contribution in [0.25, 0.3) is 0 Å². The molecule has 1 aliphatic heterocycles. The summed E-state index contributed by atoms with van der Waals surface area (Å²) in [6.45, 7) is 0.847. The topological polar surface area (TPSA) is 79.0 Å². The Labute approximate surface area is 69.3 Å². The molecule has 0 radical (unpaired) electrons. The molecule has 1 atom stereocenters. The van der Waals surface area contributed by atoms with Crippen LogP contribution in [0.2, 0.25) is 0 Å². The Kier molecular flexibility index (Phi) is 3.04. The number of hydrogen-bond donors (Lipinski definition) is 0. The lowest BCUT2D eigenvalue weighted by Crippen LogP contribution is -2.23. The number of carbonyl (C=O) groups is 2. The first kappa shape index (κ1) is 8.99. The van der Waals surface area contributed by atoms with Crippen LogP contribution in [0.3, 0.4) is 0 Å². The molecular weight excluding hydrogens is 164 g/mol. The highest BCUT2D eigenvalue weighted by Gasteiger charge is 2.23. The van der Waals surface area contributed by atoms with Crippen molar-refractivity contribution in [1.82, 2.24) is 0 Å². The van der Waals surface area contributed by atoms with Gasteiger partial charge in [-0.05, 0) is 6.42 Å². The number of aliphatic carboxylic acids is 1. The van der Waals surface area contributed by atoms with Gasteiger partial charge < -0.3 is 19.4 Å². The maximum atomic E-state index is 10.7. The molecule has 1 heterocycles. The lowest BCUT2D eigenvalue weighted by atomic mass is 10.3. The number of hydrogen-bond acceptors (Lipinski definition) is 5. The first-order valence-corrected chi connectivity index (χ1v) is 3.65. The normalized spacial score (nSPS) is 20.2. The van der Waals surface area contributed by atoms with Gasteiger partial charge in [0.1, 0.15) is 12.7 Å². The Morgan fingerprint density at radius 2 is 2.17 bits per heavy atom. The SMILES string of the molecule is O=C([O-])CCC(=O)OCC1CO1. The van der Waals surface area contributed by atoms with Crippen molar-refractivity contribution < 1.29 is 24.2 Å². The van der Waals surface area contributed by atoms with Crippen molar-refractivity contribution in [2.45, 2.75) is 18.9 Å². The third kappa shape index (κ3) is 3.92. The number of esters is 1. The molecule has 1 rings (SSSR count). The molecule has 0 saturated carbocycles. The van der Waals surface area contributed by atoms with E-state index in [2.05, 4.69) is 4.74 Å². The molecule has 0 spiro atoms. The third-order valence-electron chi connectivity index (χ3n) is 1.37. The molecule has 0 aliphatic carbocycles. The summed E-state index contributed by atoms with van der Waals surface area (Å²) in [4.78, 5) is 20.6. The molecule has 1 saturated heterocycles. The minimum atomic E-state index is -1.24. The van der Waals surface area contributed by atoms with Crippen LogP contribution in [-0.4, -0.2) is 31.3 Å². The van der Waals surface area contributed by atoms with E-state index in [4.69, 9.17) is 4.74 Å². The van der Waals surface area contributed by atoms with Crippen molar-refractivity contribution in [3.05, 3.63) is 0 Å². The average Bonchev–Trinajstić information content (AvgIpc) is 2.80. The number of rotatable bonds is 5. The van der Waals surface area contributed by atoms with E-state index >= 15 is 0 Å². The minimum Gasteiger partial charge on any atom is -0.550 e. The molecule has 0 aromatic rings. The predicted octanol–water partition coefficient (Wildman–Crippen LogP) is -1.54. The second-order valence-electron chi connectivity index (χ2n) is 2.51. The van der Waals surface area contributed by atoms with Gasteiger partial charge in [0.15, 0.2) is 0 Å². The van der Waals surface area contributed by atoms with Crippen LogP contribution in [0.1, 0.15) is 12.8 Å². The van der Waals surface area contributed by atoms with Crippen molar-refractivity contribution in [2.24, 2.45) is 0 Å². The fraction of sp³-hybridized carbons (Fsp3) is 0.714. The lowest BCUT2D eigenvalue weighted by Gasteiger charge is -2.02. The first-order valence-electron chi connectivity index (χ1n) is 3.65. The summed E-state index contributed by atoms with van der Waals surface area (Å²) in [6, 6.07) is 0. The second-order valence-corrected chi connectivity index (χ2v) is 2.51. The van der Waals surface area contributed by atoms with E-state index in [-0.39, 0.29) is 25.6 Å². The molecule has 5 heteroatoms. The van der Waals surface area contributed by atoms with E-state index in [0.717, 1.165) is 0 Å². The van der Waals surface area contributed by atoms with Gasteiger partial charge in [-0.3, -0.25) is 4.79 Å². The first-order chi connectivity index (χ1) is 5.68. The molecule has 0 amide bonds. The van der Waals surface area contributed by atoms with E-state index in [1.807, 2.05) is 0 Å². The molecule has 0 N–H and O–H groups in total. The Morgan fingerprint density at radius 1 is 1.50 bits per heavy atom. The number of epoxide rings is 1. The summed E-state index contributed by atoms with van der Waals surface area (Å²) in [5, 5.41) is 9.91. The van der Waals surface area contributed by atoms with Gasteiger partial charge >= 0.3 is 5.97 Å². The van der Waals surface area contributed by atoms with E-state index in [1.165, 1.54) is 0 Å². The molecule has 1 fully saturated rings. The summed E-state index contributed by atoms with van der Waals surface area (Å²) < 4.78 is 9.44. The van der Waals surface area contributed by atoms with Gasteiger partial charge in [0, 0.05) is 5.97 Å². The van der Waals surface area contributed by atoms with Gasteiger partial charge in [0.25, 0.3) is 0 Å². The summed E-state index contributed by atoms with van der Waals surface area (Å²) in [6.07, 6.45) is -0.392. The Balaban J connectivity index is 1.98. The number of carbonyl (C=O) groups excluding carboxylic acids is 2. The molecular formula is C7H9O5-. The molecule has 68 valence electrons. The van der Waals surface area contributed by atoms with Gasteiger partial charge in [0.2, 0.25) is 0 Å². The van der Waals surface area contributed by atoms with Gasteiger partial charge in [0.05, 0.1) is 13.0 Å². The zero-order valence-electron chi connectivity index (χ0n) is 6.45. The Hall–Kier alpha value is -1.10. The zero-order valence-corrected chi connectivity index (χ0v) is 6.45. The Morgan fingerprint density at radius 3 is 2.67 bits per heavy atom. The summed E-state index contributed by atoms with van der Waals surface area (Å²) in [7, 11) is 0. The summed E-state index contributed by atoms with van der Waals surface area (Å²) in [5.74, 6) is -1.76. The van der Waals surface area contributed by atoms with Crippen LogP contribution < -0.4 is 5.11 Å². The largest absolute Gasteiger partial charge is 0.550 e. The van der Waals surface area contributed by atoms with E-state index in [1.54, 1.807) is 0 Å². The zero-order chi connectivity index (χ0) is 8.97. The fourth-order valence-electron chi connectivity index (χ4n) is 0.626. The van der Waals surface area contributed by atoms with Crippen molar-refractivity contribution in [1.29, 1.82) is 0 Å². The van der Waals surface area contributed by atoms with Crippen LogP contribution in [0.15, 0.2) is 0 Å². The van der Waals surface area contributed by atoms with Gasteiger partial charge in [-0.1, -0.05) is 0 Å². The standard InChI is InChI=1S/C7H10O5/c8-6(9)1-2-7(10)12-4-5-3-11-5/h5H,1-4H2,(H,8,9)/p-1. The van der Waals surface area contributed by atoms with Gasteiger partial charge in [-0.15, -0.1) is 0 Å². The highest BCUT2D eigenvalue weighted by Crippen LogP contribution is 2.08. The molecule has 0 aromatic carbocycles. The van der Waals surface area contributed by atoms with Crippen molar-refractivity contribution in [3.8, 4) is 0 Å². The fourth-order valence-corrected chi connectivity index (χ4v) is 0.626. The van der Waals surface area contributed by atoms with Crippen molar-refractivity contribution >= 4 is 11.9 Å². The quantitative estimate of drug-likeness (QED) is 0.372. The average molecular weight is 173 g/mol. The van der Waals surface area contributed by atoms with Crippen LogP contribution in [-0.2, 0) is 19.1 Å². The monoisotopic (exact) mass is 173 g/mol. The maximum absolute atomic E-state index is 10.7. The highest BCUT2D eigenvalue weighted by molar-refractivity contribution is 5.75. The Bertz CT molecular complexity index is 184. The molecule has 1 aliphatic rings. The second kappa shape index (κ2) is 4.06. The van der Waals surface area contributed by atoms with Gasteiger partial charge in [-0.2, -0.15) is 0 Å². The van der Waals surface area contributed by atoms with E-state index in [0.29, 0.717) is 6.61 Å². The molecule has 5 nitrogen and oxygen atoms in total. The number of ether oxygens (including phenoxy) is 2. The summed E-state index contributed by atoms with van der Waals surface area (Å²) >= 11 is 0. The molecule has 0 bridgehead atoms. The number of carboxylic acids is 1. The third-order valence-corrected chi connectivity index (χ3v) is 1.37. The summed E-state index contributed by atoms with van der Waals surface area (Å²) in [5.41, 5.74) is 0. The highest BCUT2D eigenvalue weighted by atomic mass is 16.6.